The van der Waals surface area contributed by atoms with Gasteiger partial charge in [0.15, 0.2) is 0 Å². The lowest BCUT2D eigenvalue weighted by molar-refractivity contribution is 0.668. The Hall–Kier alpha value is -7.82. The first kappa shape index (κ1) is 32.4. The van der Waals surface area contributed by atoms with Crippen LogP contribution in [-0.2, 0) is 0 Å². The number of hydrogen-bond donors (Lipinski definition) is 0. The summed E-state index contributed by atoms with van der Waals surface area (Å²) in [4.78, 5) is 2.34. The molecule has 0 fully saturated rings. The quantitative estimate of drug-likeness (QED) is 0.170. The van der Waals surface area contributed by atoms with Crippen LogP contribution >= 0.6 is 0 Å². The highest BCUT2D eigenvalue weighted by molar-refractivity contribution is 6.10. The van der Waals surface area contributed by atoms with Crippen LogP contribution in [0.5, 0.6) is 0 Å². The summed E-state index contributed by atoms with van der Waals surface area (Å²) < 4.78 is 18.8. The molecular formula is C54H33NO3. The first-order chi connectivity index (χ1) is 28.7. The second-order valence-corrected chi connectivity index (χ2v) is 14.9. The lowest BCUT2D eigenvalue weighted by Gasteiger charge is -2.27. The van der Waals surface area contributed by atoms with E-state index in [0.717, 1.165) is 116 Å². The summed E-state index contributed by atoms with van der Waals surface area (Å²) in [5.41, 5.74) is 15.2. The van der Waals surface area contributed by atoms with Gasteiger partial charge in [-0.05, 0) is 107 Å². The van der Waals surface area contributed by atoms with Crippen molar-refractivity contribution in [1.29, 1.82) is 0 Å². The van der Waals surface area contributed by atoms with Crippen LogP contribution < -0.4 is 4.90 Å². The van der Waals surface area contributed by atoms with Gasteiger partial charge in [-0.1, -0.05) is 121 Å². The third-order valence-electron chi connectivity index (χ3n) is 11.5. The van der Waals surface area contributed by atoms with Gasteiger partial charge in [0.25, 0.3) is 0 Å². The third kappa shape index (κ3) is 5.23. The molecule has 9 aromatic carbocycles. The molecule has 0 spiro atoms. The van der Waals surface area contributed by atoms with Crippen molar-refractivity contribution in [1.82, 2.24) is 0 Å². The Bertz CT molecular complexity index is 3370. The van der Waals surface area contributed by atoms with Gasteiger partial charge in [-0.3, -0.25) is 0 Å². The van der Waals surface area contributed by atoms with E-state index in [1.165, 1.54) is 0 Å². The molecule has 0 bridgehead atoms. The summed E-state index contributed by atoms with van der Waals surface area (Å²) in [6.45, 7) is 0. The second kappa shape index (κ2) is 12.9. The zero-order valence-corrected chi connectivity index (χ0v) is 31.2. The maximum absolute atomic E-state index is 6.43. The molecule has 0 saturated heterocycles. The van der Waals surface area contributed by atoms with E-state index in [2.05, 4.69) is 169 Å². The van der Waals surface area contributed by atoms with Crippen LogP contribution in [0, 0.1) is 0 Å². The van der Waals surface area contributed by atoms with Crippen molar-refractivity contribution in [2.45, 2.75) is 0 Å². The van der Waals surface area contributed by atoms with E-state index < -0.39 is 0 Å². The van der Waals surface area contributed by atoms with Gasteiger partial charge < -0.3 is 18.2 Å². The molecule has 0 N–H and O–H groups in total. The topological polar surface area (TPSA) is 42.7 Å². The minimum absolute atomic E-state index is 0.889. The first-order valence-electron chi connectivity index (χ1n) is 19.6. The predicted molar refractivity (Wildman–Crippen MR) is 239 cm³/mol. The van der Waals surface area contributed by atoms with Gasteiger partial charge >= 0.3 is 0 Å². The Morgan fingerprint density at radius 1 is 0.259 bits per heavy atom. The summed E-state index contributed by atoms with van der Waals surface area (Å²) in [6.07, 6.45) is 0. The van der Waals surface area contributed by atoms with Gasteiger partial charge in [-0.25, -0.2) is 0 Å². The zero-order chi connectivity index (χ0) is 38.2. The third-order valence-corrected chi connectivity index (χ3v) is 11.5. The Morgan fingerprint density at radius 3 is 1.26 bits per heavy atom. The van der Waals surface area contributed by atoms with E-state index in [-0.39, 0.29) is 0 Å². The minimum atomic E-state index is 0.889. The fourth-order valence-electron chi connectivity index (χ4n) is 8.67. The van der Waals surface area contributed by atoms with Gasteiger partial charge in [-0.2, -0.15) is 0 Å². The fourth-order valence-corrected chi connectivity index (χ4v) is 8.67. The van der Waals surface area contributed by atoms with E-state index in [1.54, 1.807) is 0 Å². The Balaban J connectivity index is 0.991. The van der Waals surface area contributed by atoms with Crippen LogP contribution in [0.2, 0.25) is 0 Å². The molecule has 0 unspecified atom stereocenters. The summed E-state index contributed by atoms with van der Waals surface area (Å²) in [5, 5.41) is 6.71. The van der Waals surface area contributed by atoms with Crippen molar-refractivity contribution in [2.75, 3.05) is 4.90 Å². The molecule has 0 saturated carbocycles. The second-order valence-electron chi connectivity index (χ2n) is 14.9. The molecule has 0 aliphatic rings. The summed E-state index contributed by atoms with van der Waals surface area (Å²) in [5.74, 6) is 0. The van der Waals surface area contributed by atoms with Gasteiger partial charge in [0.05, 0.1) is 0 Å². The molecule has 0 aliphatic heterocycles. The predicted octanol–water partition coefficient (Wildman–Crippen LogP) is 15.9. The zero-order valence-electron chi connectivity index (χ0n) is 31.2. The molecule has 58 heavy (non-hydrogen) atoms. The number of rotatable bonds is 6. The molecule has 272 valence electrons. The Labute approximate surface area is 333 Å². The number of para-hydroxylation sites is 4. The number of hydrogen-bond acceptors (Lipinski definition) is 4. The van der Waals surface area contributed by atoms with Crippen molar-refractivity contribution in [3.63, 3.8) is 0 Å². The Morgan fingerprint density at radius 2 is 0.690 bits per heavy atom. The monoisotopic (exact) mass is 743 g/mol. The maximum Gasteiger partial charge on any atom is 0.143 e. The number of benzene rings is 9. The highest BCUT2D eigenvalue weighted by Crippen LogP contribution is 2.42. The van der Waals surface area contributed by atoms with Gasteiger partial charge in [-0.15, -0.1) is 0 Å². The summed E-state index contributed by atoms with van der Waals surface area (Å²) in [6, 6.07) is 70.5. The van der Waals surface area contributed by atoms with Crippen molar-refractivity contribution >= 4 is 82.9 Å². The van der Waals surface area contributed by atoms with Crippen LogP contribution in [-0.4, -0.2) is 0 Å². The molecule has 12 rings (SSSR count). The normalized spacial score (nSPS) is 11.8. The van der Waals surface area contributed by atoms with Crippen LogP contribution in [0.4, 0.5) is 17.1 Å². The smallest absolute Gasteiger partial charge is 0.143 e. The average Bonchev–Trinajstić information content (AvgIpc) is 3.98. The van der Waals surface area contributed by atoms with Crippen LogP contribution in [0.1, 0.15) is 0 Å². The van der Waals surface area contributed by atoms with Gasteiger partial charge in [0.1, 0.15) is 33.5 Å². The lowest BCUT2D eigenvalue weighted by atomic mass is 9.99. The molecule has 3 heterocycles. The van der Waals surface area contributed by atoms with Crippen molar-refractivity contribution in [2.24, 2.45) is 0 Å². The van der Waals surface area contributed by atoms with Crippen LogP contribution in [0.15, 0.2) is 213 Å². The average molecular weight is 744 g/mol. The summed E-state index contributed by atoms with van der Waals surface area (Å²) >= 11 is 0. The van der Waals surface area contributed by atoms with E-state index in [9.17, 15) is 0 Å². The van der Waals surface area contributed by atoms with Gasteiger partial charge in [0.2, 0.25) is 0 Å². The van der Waals surface area contributed by atoms with E-state index >= 15 is 0 Å². The molecular weight excluding hydrogens is 711 g/mol. The van der Waals surface area contributed by atoms with Crippen LogP contribution in [0.3, 0.4) is 0 Å². The highest BCUT2D eigenvalue weighted by atomic mass is 16.3. The van der Waals surface area contributed by atoms with Crippen molar-refractivity contribution in [3.8, 4) is 33.4 Å². The van der Waals surface area contributed by atoms with Crippen molar-refractivity contribution in [3.05, 3.63) is 200 Å². The number of nitrogens with zero attached hydrogens (tertiary/aromatic N) is 1. The first-order valence-corrected chi connectivity index (χ1v) is 19.6. The molecule has 0 amide bonds. The number of anilines is 3. The maximum atomic E-state index is 6.43. The molecule has 0 aliphatic carbocycles. The molecule has 0 atom stereocenters. The van der Waals surface area contributed by atoms with E-state index in [4.69, 9.17) is 13.3 Å². The summed E-state index contributed by atoms with van der Waals surface area (Å²) in [7, 11) is 0. The largest absolute Gasteiger partial charge is 0.456 e. The number of furan rings is 3. The Kier molecular flexibility index (Phi) is 7.20. The van der Waals surface area contributed by atoms with Crippen LogP contribution in [0.25, 0.3) is 99.2 Å². The standard InChI is InChI=1S/C54H33NO3/c1-6-21-51-43(14-1)46-18-9-17-42(54(46)58-51)34-22-26-39(27-23-34)55(40-12-7-10-35(30-40)37-24-28-52-47(32-37)44-15-2-4-19-49(44)56-52)41-13-8-11-36(31-41)38-25-29-53-48(33-38)45-16-3-5-20-50(45)57-53/h1-33H. The van der Waals surface area contributed by atoms with E-state index in [0.29, 0.717) is 0 Å². The fraction of sp³-hybridized carbons (Fsp3) is 0. The number of fused-ring (bicyclic) bond motifs is 9. The lowest BCUT2D eigenvalue weighted by Crippen LogP contribution is -2.10. The minimum Gasteiger partial charge on any atom is -0.456 e. The molecule has 0 radical (unpaired) electrons. The van der Waals surface area contributed by atoms with Crippen molar-refractivity contribution < 1.29 is 13.3 Å². The van der Waals surface area contributed by atoms with E-state index in [1.807, 2.05) is 36.4 Å². The molecule has 4 heteroatoms. The SMILES string of the molecule is c1cc(-c2ccc3oc4ccccc4c3c2)cc(N(c2ccc(-c3cccc4c3oc3ccccc34)cc2)c2cccc(-c3ccc4oc5ccccc5c4c3)c2)c1. The molecule has 4 nitrogen and oxygen atoms in total. The molecule has 12 aromatic rings. The molecule has 3 aromatic heterocycles. The highest BCUT2D eigenvalue weighted by Gasteiger charge is 2.18. The van der Waals surface area contributed by atoms with Gasteiger partial charge in [0, 0.05) is 54.9 Å².